The fourth-order valence-corrected chi connectivity index (χ4v) is 1.02. The van der Waals surface area contributed by atoms with E-state index < -0.39 is 39.8 Å². The van der Waals surface area contributed by atoms with E-state index in [4.69, 9.17) is 5.11 Å². The number of aromatic nitrogens is 1. The van der Waals surface area contributed by atoms with E-state index in [1.165, 1.54) is 0 Å². The van der Waals surface area contributed by atoms with Crippen molar-refractivity contribution in [2.75, 3.05) is 0 Å². The smallest absolute Gasteiger partial charge is 0.421 e. The molecule has 1 heterocycles. The molecular formula is C7H4F3N3O4. The summed E-state index contributed by atoms with van der Waals surface area (Å²) in [6, 6.07) is 0.00241. The van der Waals surface area contributed by atoms with E-state index in [1.54, 1.807) is 0 Å². The highest BCUT2D eigenvalue weighted by molar-refractivity contribution is 5.95. The molecule has 0 aliphatic carbocycles. The first-order valence-electron chi connectivity index (χ1n) is 3.90. The lowest BCUT2D eigenvalue weighted by Gasteiger charge is -2.08. The topological polar surface area (TPSA) is 119 Å². The van der Waals surface area contributed by atoms with Crippen LogP contribution in [0.3, 0.4) is 0 Å². The van der Waals surface area contributed by atoms with Gasteiger partial charge in [-0.1, -0.05) is 0 Å². The van der Waals surface area contributed by atoms with Crippen LogP contribution in [0.1, 0.15) is 16.1 Å². The van der Waals surface area contributed by atoms with Crippen molar-refractivity contribution in [1.29, 1.82) is 0 Å². The molecule has 0 radical (unpaired) electrons. The second-order valence-corrected chi connectivity index (χ2v) is 2.85. The first-order valence-corrected chi connectivity index (χ1v) is 3.90. The number of nitrogens with zero attached hydrogens (tertiary/aromatic N) is 2. The van der Waals surface area contributed by atoms with E-state index in [1.807, 2.05) is 0 Å². The second-order valence-electron chi connectivity index (χ2n) is 2.85. The molecule has 1 aromatic heterocycles. The lowest BCUT2D eigenvalue weighted by atomic mass is 10.2. The number of aromatic hydroxyl groups is 1. The zero-order valence-electron chi connectivity index (χ0n) is 7.85. The number of halogens is 3. The van der Waals surface area contributed by atoms with Crippen LogP contribution in [0.5, 0.6) is 5.88 Å². The van der Waals surface area contributed by atoms with Crippen LogP contribution in [-0.4, -0.2) is 20.9 Å². The van der Waals surface area contributed by atoms with Crippen LogP contribution in [0.2, 0.25) is 0 Å². The maximum atomic E-state index is 12.3. The first-order chi connectivity index (χ1) is 7.64. The zero-order chi connectivity index (χ0) is 13.4. The average Bonchev–Trinajstić information content (AvgIpc) is 2.14. The molecule has 0 spiro atoms. The van der Waals surface area contributed by atoms with Gasteiger partial charge in [0.1, 0.15) is 5.56 Å². The van der Waals surface area contributed by atoms with Gasteiger partial charge in [-0.15, -0.1) is 0 Å². The fourth-order valence-electron chi connectivity index (χ4n) is 1.02. The van der Waals surface area contributed by atoms with Crippen molar-refractivity contribution < 1.29 is 28.0 Å². The van der Waals surface area contributed by atoms with Gasteiger partial charge < -0.3 is 10.8 Å². The number of hydrogen-bond acceptors (Lipinski definition) is 5. The average molecular weight is 251 g/mol. The van der Waals surface area contributed by atoms with Crippen molar-refractivity contribution >= 4 is 11.6 Å². The summed E-state index contributed by atoms with van der Waals surface area (Å²) >= 11 is 0. The Morgan fingerprint density at radius 2 is 2.06 bits per heavy atom. The molecule has 0 saturated carbocycles. The Kier molecular flexibility index (Phi) is 2.90. The molecule has 0 bridgehead atoms. The summed E-state index contributed by atoms with van der Waals surface area (Å²) in [5, 5.41) is 19.3. The number of alkyl halides is 3. The summed E-state index contributed by atoms with van der Waals surface area (Å²) in [6.45, 7) is 0. The third kappa shape index (κ3) is 2.41. The molecule has 1 rings (SSSR count). The van der Waals surface area contributed by atoms with Crippen LogP contribution in [0.4, 0.5) is 18.9 Å². The number of pyridine rings is 1. The Morgan fingerprint density at radius 3 is 2.41 bits per heavy atom. The summed E-state index contributed by atoms with van der Waals surface area (Å²) in [6.07, 6.45) is -5.03. The Bertz CT molecular complexity index is 500. The molecule has 1 aromatic rings. The van der Waals surface area contributed by atoms with Gasteiger partial charge >= 0.3 is 11.9 Å². The van der Waals surface area contributed by atoms with Crippen molar-refractivity contribution in [3.63, 3.8) is 0 Å². The van der Waals surface area contributed by atoms with Crippen LogP contribution >= 0.6 is 0 Å². The molecule has 0 aliphatic heterocycles. The Morgan fingerprint density at radius 1 is 1.53 bits per heavy atom. The monoisotopic (exact) mass is 251 g/mol. The predicted molar refractivity (Wildman–Crippen MR) is 46.1 cm³/mol. The zero-order valence-corrected chi connectivity index (χ0v) is 7.85. The summed E-state index contributed by atoms with van der Waals surface area (Å²) < 4.78 is 36.9. The van der Waals surface area contributed by atoms with Crippen molar-refractivity contribution in [2.45, 2.75) is 6.18 Å². The van der Waals surface area contributed by atoms with Gasteiger partial charge in [-0.3, -0.25) is 14.9 Å². The molecule has 7 nitrogen and oxygen atoms in total. The SMILES string of the molecule is NC(=O)c1nc(O)c(C(F)(F)F)cc1[N+](=O)[O-]. The van der Waals surface area contributed by atoms with Gasteiger partial charge in [0.05, 0.1) is 4.92 Å². The second kappa shape index (κ2) is 3.88. The Balaban J connectivity index is 3.57. The molecule has 0 saturated heterocycles. The molecule has 1 amide bonds. The van der Waals surface area contributed by atoms with E-state index in [9.17, 15) is 28.1 Å². The molecule has 17 heavy (non-hydrogen) atoms. The molecule has 10 heteroatoms. The van der Waals surface area contributed by atoms with Crippen LogP contribution in [-0.2, 0) is 6.18 Å². The van der Waals surface area contributed by atoms with Crippen LogP contribution in [0.15, 0.2) is 6.07 Å². The molecule has 0 fully saturated rings. The number of nitrogens with two attached hydrogens (primary N) is 1. The van der Waals surface area contributed by atoms with Crippen molar-refractivity contribution in [3.05, 3.63) is 27.4 Å². The van der Waals surface area contributed by atoms with Crippen molar-refractivity contribution in [3.8, 4) is 5.88 Å². The van der Waals surface area contributed by atoms with E-state index in [0.717, 1.165) is 0 Å². The molecular weight excluding hydrogens is 247 g/mol. The highest BCUT2D eigenvalue weighted by Crippen LogP contribution is 2.37. The quantitative estimate of drug-likeness (QED) is 0.595. The Labute approximate surface area is 90.8 Å². The number of nitro groups is 1. The minimum Gasteiger partial charge on any atom is -0.493 e. The van der Waals surface area contributed by atoms with E-state index in [0.29, 0.717) is 0 Å². The van der Waals surface area contributed by atoms with Crippen molar-refractivity contribution in [2.24, 2.45) is 5.73 Å². The molecule has 0 aromatic carbocycles. The maximum absolute atomic E-state index is 12.3. The third-order valence-electron chi connectivity index (χ3n) is 1.72. The van der Waals surface area contributed by atoms with Gasteiger partial charge in [-0.2, -0.15) is 13.2 Å². The highest BCUT2D eigenvalue weighted by atomic mass is 19.4. The number of hydrogen-bond donors (Lipinski definition) is 2. The first kappa shape index (κ1) is 12.7. The van der Waals surface area contributed by atoms with Gasteiger partial charge in [-0.05, 0) is 0 Å². The standard InChI is InChI=1S/C7H4F3N3O4/c8-7(9,10)2-1-3(13(16)17)4(5(11)14)12-6(2)15/h1H,(H2,11,14)(H,12,15). The lowest BCUT2D eigenvalue weighted by Crippen LogP contribution is -2.17. The summed E-state index contributed by atoms with van der Waals surface area (Å²) in [5.41, 5.74) is 0.707. The van der Waals surface area contributed by atoms with E-state index >= 15 is 0 Å². The van der Waals surface area contributed by atoms with Crippen LogP contribution < -0.4 is 5.73 Å². The molecule has 0 atom stereocenters. The van der Waals surface area contributed by atoms with Crippen molar-refractivity contribution in [1.82, 2.24) is 4.98 Å². The normalized spacial score (nSPS) is 11.2. The molecule has 3 N–H and O–H groups in total. The van der Waals surface area contributed by atoms with Crippen LogP contribution in [0, 0.1) is 10.1 Å². The highest BCUT2D eigenvalue weighted by Gasteiger charge is 2.38. The lowest BCUT2D eigenvalue weighted by molar-refractivity contribution is -0.385. The number of carbonyl (C=O) groups excluding carboxylic acids is 1. The predicted octanol–water partition coefficient (Wildman–Crippen LogP) is 0.813. The Hall–Kier alpha value is -2.39. The van der Waals surface area contributed by atoms with Gasteiger partial charge in [0.25, 0.3) is 5.91 Å². The third-order valence-corrected chi connectivity index (χ3v) is 1.72. The van der Waals surface area contributed by atoms with Gasteiger partial charge in [0.15, 0.2) is 0 Å². The number of rotatable bonds is 2. The molecule has 0 aliphatic rings. The maximum Gasteiger partial charge on any atom is 0.421 e. The van der Waals surface area contributed by atoms with Gasteiger partial charge in [0, 0.05) is 6.07 Å². The minimum absolute atomic E-state index is 0.00241. The fraction of sp³-hybridized carbons (Fsp3) is 0.143. The number of primary amides is 1. The number of carbonyl (C=O) groups is 1. The van der Waals surface area contributed by atoms with Gasteiger partial charge in [0.2, 0.25) is 11.6 Å². The largest absolute Gasteiger partial charge is 0.493 e. The minimum atomic E-state index is -5.03. The van der Waals surface area contributed by atoms with Gasteiger partial charge in [-0.25, -0.2) is 4.98 Å². The molecule has 92 valence electrons. The summed E-state index contributed by atoms with van der Waals surface area (Å²) in [5.74, 6) is -2.96. The molecule has 0 unspecified atom stereocenters. The number of amides is 1. The van der Waals surface area contributed by atoms with Crippen LogP contribution in [0.25, 0.3) is 0 Å². The van der Waals surface area contributed by atoms with E-state index in [2.05, 4.69) is 10.7 Å². The van der Waals surface area contributed by atoms with E-state index in [-0.39, 0.29) is 6.07 Å². The summed E-state index contributed by atoms with van der Waals surface area (Å²) in [4.78, 5) is 22.7. The summed E-state index contributed by atoms with van der Waals surface area (Å²) in [7, 11) is 0.